The molecule has 2 N–H and O–H groups in total. The Labute approximate surface area is 105 Å². The van der Waals surface area contributed by atoms with Crippen LogP contribution in [0.3, 0.4) is 0 Å². The Bertz CT molecular complexity index is 247. The second-order valence-corrected chi connectivity index (χ2v) is 5.54. The predicted octanol–water partition coefficient (Wildman–Crippen LogP) is 1.53. The van der Waals surface area contributed by atoms with E-state index in [1.165, 1.54) is 37.7 Å². The minimum absolute atomic E-state index is 0.302. The molecule has 0 aliphatic heterocycles. The lowest BCUT2D eigenvalue weighted by atomic mass is 9.91. The summed E-state index contributed by atoms with van der Waals surface area (Å²) in [5.41, 5.74) is 1.29. The molecule has 0 aromatic carbocycles. The molecule has 0 aromatic heterocycles. The summed E-state index contributed by atoms with van der Waals surface area (Å²) in [7, 11) is 0. The van der Waals surface area contributed by atoms with Gasteiger partial charge in [0.1, 0.15) is 0 Å². The number of nitrogens with one attached hydrogen (secondary N) is 1. The minimum Gasteiger partial charge on any atom is -0.396 e. The van der Waals surface area contributed by atoms with Gasteiger partial charge in [-0.1, -0.05) is 13.0 Å². The zero-order valence-electron chi connectivity index (χ0n) is 10.8. The maximum absolute atomic E-state index is 8.94. The molecule has 0 heterocycles. The van der Waals surface area contributed by atoms with Crippen molar-refractivity contribution in [3.05, 3.63) is 12.2 Å². The van der Waals surface area contributed by atoms with Crippen LogP contribution in [-0.2, 0) is 0 Å². The van der Waals surface area contributed by atoms with E-state index >= 15 is 0 Å². The van der Waals surface area contributed by atoms with E-state index in [0.29, 0.717) is 6.61 Å². The summed E-state index contributed by atoms with van der Waals surface area (Å²) >= 11 is 0. The van der Waals surface area contributed by atoms with E-state index in [4.69, 9.17) is 5.11 Å². The summed E-state index contributed by atoms with van der Waals surface area (Å²) < 4.78 is 0. The molecular formula is C14H26N2O. The third kappa shape index (κ3) is 4.41. The number of nitrogens with zero attached hydrogens (tertiary/aromatic N) is 1. The molecule has 2 aliphatic rings. The molecule has 0 amide bonds. The molecule has 0 aromatic rings. The fourth-order valence-corrected chi connectivity index (χ4v) is 2.34. The predicted molar refractivity (Wildman–Crippen MR) is 71.1 cm³/mol. The Morgan fingerprint density at radius 1 is 1.29 bits per heavy atom. The van der Waals surface area contributed by atoms with Gasteiger partial charge in [0.05, 0.1) is 0 Å². The SMILES string of the molecule is C=C(CNC1CC1)CN(CCCO)C1CCC1. The maximum atomic E-state index is 8.94. The molecule has 0 spiro atoms. The van der Waals surface area contributed by atoms with Crippen LogP contribution in [0, 0.1) is 0 Å². The van der Waals surface area contributed by atoms with Gasteiger partial charge in [-0.3, -0.25) is 4.90 Å². The van der Waals surface area contributed by atoms with Gasteiger partial charge in [0.2, 0.25) is 0 Å². The van der Waals surface area contributed by atoms with E-state index in [1.807, 2.05) is 0 Å². The van der Waals surface area contributed by atoms with Crippen LogP contribution in [0.25, 0.3) is 0 Å². The number of aliphatic hydroxyl groups excluding tert-OH is 1. The Morgan fingerprint density at radius 2 is 2.06 bits per heavy atom. The Balaban J connectivity index is 1.68. The van der Waals surface area contributed by atoms with Crippen molar-refractivity contribution in [3.63, 3.8) is 0 Å². The summed E-state index contributed by atoms with van der Waals surface area (Å²) in [6, 6.07) is 1.51. The van der Waals surface area contributed by atoms with Gasteiger partial charge in [-0.2, -0.15) is 0 Å². The van der Waals surface area contributed by atoms with E-state index in [1.54, 1.807) is 0 Å². The monoisotopic (exact) mass is 238 g/mol. The third-order valence-electron chi connectivity index (χ3n) is 3.84. The maximum Gasteiger partial charge on any atom is 0.0443 e. The summed E-state index contributed by atoms with van der Waals surface area (Å²) in [4.78, 5) is 2.51. The van der Waals surface area contributed by atoms with Crippen molar-refractivity contribution in [2.45, 2.75) is 50.6 Å². The second kappa shape index (κ2) is 6.53. The standard InChI is InChI=1S/C14H26N2O/c1-12(10-15-13-6-7-13)11-16(8-3-9-17)14-4-2-5-14/h13-15,17H,1-11H2. The van der Waals surface area contributed by atoms with Gasteiger partial charge >= 0.3 is 0 Å². The molecule has 0 saturated heterocycles. The smallest absolute Gasteiger partial charge is 0.0443 e. The first kappa shape index (κ1) is 13.1. The molecule has 2 rings (SSSR count). The van der Waals surface area contributed by atoms with Crippen LogP contribution in [-0.4, -0.2) is 48.3 Å². The number of hydrogen-bond acceptors (Lipinski definition) is 3. The molecule has 2 saturated carbocycles. The van der Waals surface area contributed by atoms with Gasteiger partial charge in [-0.15, -0.1) is 0 Å². The normalized spacial score (nSPS) is 20.6. The van der Waals surface area contributed by atoms with Crippen molar-refractivity contribution < 1.29 is 5.11 Å². The molecular weight excluding hydrogens is 212 g/mol. The molecule has 0 radical (unpaired) electrons. The van der Waals surface area contributed by atoms with E-state index in [0.717, 1.165) is 38.1 Å². The van der Waals surface area contributed by atoms with Gasteiger partial charge in [0, 0.05) is 38.3 Å². The van der Waals surface area contributed by atoms with Crippen molar-refractivity contribution in [3.8, 4) is 0 Å². The molecule has 0 bridgehead atoms. The molecule has 3 nitrogen and oxygen atoms in total. The molecule has 3 heteroatoms. The highest BCUT2D eigenvalue weighted by atomic mass is 16.3. The fourth-order valence-electron chi connectivity index (χ4n) is 2.34. The zero-order valence-corrected chi connectivity index (χ0v) is 10.8. The van der Waals surface area contributed by atoms with Gasteiger partial charge in [0.15, 0.2) is 0 Å². The molecule has 0 unspecified atom stereocenters. The van der Waals surface area contributed by atoms with E-state index in [9.17, 15) is 0 Å². The van der Waals surface area contributed by atoms with Crippen molar-refractivity contribution in [2.24, 2.45) is 0 Å². The number of rotatable bonds is 9. The molecule has 2 aliphatic carbocycles. The van der Waals surface area contributed by atoms with Crippen LogP contribution in [0.1, 0.15) is 38.5 Å². The number of aliphatic hydroxyl groups is 1. The summed E-state index contributed by atoms with van der Waals surface area (Å²) in [5, 5.41) is 12.5. The average Bonchev–Trinajstić information content (AvgIpc) is 3.04. The van der Waals surface area contributed by atoms with E-state index < -0.39 is 0 Å². The van der Waals surface area contributed by atoms with Crippen LogP contribution in [0.15, 0.2) is 12.2 Å². The topological polar surface area (TPSA) is 35.5 Å². The lowest BCUT2D eigenvalue weighted by Gasteiger charge is -2.38. The van der Waals surface area contributed by atoms with Crippen LogP contribution in [0.2, 0.25) is 0 Å². The van der Waals surface area contributed by atoms with Gasteiger partial charge in [-0.05, 0) is 37.7 Å². The molecule has 17 heavy (non-hydrogen) atoms. The largest absolute Gasteiger partial charge is 0.396 e. The zero-order chi connectivity index (χ0) is 12.1. The lowest BCUT2D eigenvalue weighted by Crippen LogP contribution is -2.42. The number of hydrogen-bond donors (Lipinski definition) is 2. The van der Waals surface area contributed by atoms with Crippen LogP contribution >= 0.6 is 0 Å². The van der Waals surface area contributed by atoms with E-state index in [-0.39, 0.29) is 0 Å². The highest BCUT2D eigenvalue weighted by Gasteiger charge is 2.25. The first-order valence-corrected chi connectivity index (χ1v) is 7.04. The minimum atomic E-state index is 0.302. The summed E-state index contributed by atoms with van der Waals surface area (Å²) in [6.45, 7) is 7.47. The third-order valence-corrected chi connectivity index (χ3v) is 3.84. The first-order valence-electron chi connectivity index (χ1n) is 7.04. The van der Waals surface area contributed by atoms with Crippen molar-refractivity contribution in [2.75, 3.05) is 26.2 Å². The first-order chi connectivity index (χ1) is 8.29. The van der Waals surface area contributed by atoms with Gasteiger partial charge in [-0.25, -0.2) is 0 Å². The van der Waals surface area contributed by atoms with Gasteiger partial charge < -0.3 is 10.4 Å². The van der Waals surface area contributed by atoms with Crippen molar-refractivity contribution in [1.29, 1.82) is 0 Å². The lowest BCUT2D eigenvalue weighted by molar-refractivity contribution is 0.126. The highest BCUT2D eigenvalue weighted by molar-refractivity contribution is 5.03. The molecule has 0 atom stereocenters. The second-order valence-electron chi connectivity index (χ2n) is 5.54. The summed E-state index contributed by atoms with van der Waals surface area (Å²) in [5.74, 6) is 0. The Morgan fingerprint density at radius 3 is 2.59 bits per heavy atom. The Kier molecular flexibility index (Phi) is 5.01. The van der Waals surface area contributed by atoms with Crippen LogP contribution in [0.5, 0.6) is 0 Å². The van der Waals surface area contributed by atoms with E-state index in [2.05, 4.69) is 16.8 Å². The molecule has 98 valence electrons. The highest BCUT2D eigenvalue weighted by Crippen LogP contribution is 2.25. The van der Waals surface area contributed by atoms with Crippen LogP contribution < -0.4 is 5.32 Å². The van der Waals surface area contributed by atoms with Crippen LogP contribution in [0.4, 0.5) is 0 Å². The summed E-state index contributed by atoms with van der Waals surface area (Å²) in [6.07, 6.45) is 7.59. The fraction of sp³-hybridized carbons (Fsp3) is 0.857. The van der Waals surface area contributed by atoms with Crippen molar-refractivity contribution >= 4 is 0 Å². The average molecular weight is 238 g/mol. The quantitative estimate of drug-likeness (QED) is 0.598. The Hall–Kier alpha value is -0.380. The van der Waals surface area contributed by atoms with Crippen molar-refractivity contribution in [1.82, 2.24) is 10.2 Å². The van der Waals surface area contributed by atoms with Gasteiger partial charge in [0.25, 0.3) is 0 Å². The molecule has 2 fully saturated rings.